The Hall–Kier alpha value is -2.69. The van der Waals surface area contributed by atoms with Crippen molar-refractivity contribution in [3.63, 3.8) is 0 Å². The van der Waals surface area contributed by atoms with Gasteiger partial charge in [0, 0.05) is 10.9 Å². The number of halogens is 1. The van der Waals surface area contributed by atoms with E-state index in [1.165, 1.54) is 12.1 Å². The summed E-state index contributed by atoms with van der Waals surface area (Å²) in [4.78, 5) is 12.1. The molecule has 5 heteroatoms. The lowest BCUT2D eigenvalue weighted by Crippen LogP contribution is -2.12. The van der Waals surface area contributed by atoms with Crippen molar-refractivity contribution in [1.82, 2.24) is 10.2 Å². The molecule has 2 aromatic carbocycles. The second-order valence-corrected chi connectivity index (χ2v) is 4.59. The summed E-state index contributed by atoms with van der Waals surface area (Å²) in [6.07, 6.45) is 0. The quantitative estimate of drug-likeness (QED) is 0.750. The Morgan fingerprint density at radius 3 is 2.90 bits per heavy atom. The zero-order chi connectivity index (χ0) is 14.1. The van der Waals surface area contributed by atoms with E-state index < -0.39 is 0 Å². The number of nitrogens with zero attached hydrogens (tertiary/aromatic N) is 1. The molecule has 0 fully saturated rings. The van der Waals surface area contributed by atoms with E-state index in [1.54, 1.807) is 18.2 Å². The van der Waals surface area contributed by atoms with Crippen molar-refractivity contribution in [3.8, 4) is 0 Å². The molecule has 0 spiro atoms. The first-order valence-electron chi connectivity index (χ1n) is 6.15. The summed E-state index contributed by atoms with van der Waals surface area (Å²) >= 11 is 0. The number of aryl methyl sites for hydroxylation is 1. The maximum atomic E-state index is 13.3. The summed E-state index contributed by atoms with van der Waals surface area (Å²) in [6, 6.07) is 11.5. The maximum absolute atomic E-state index is 13.3. The van der Waals surface area contributed by atoms with Gasteiger partial charge in [-0.3, -0.25) is 9.89 Å². The Labute approximate surface area is 114 Å². The summed E-state index contributed by atoms with van der Waals surface area (Å²) in [6.45, 7) is 1.91. The Kier molecular flexibility index (Phi) is 2.95. The molecule has 0 saturated heterocycles. The molecule has 0 aliphatic heterocycles. The molecule has 4 nitrogen and oxygen atoms in total. The highest BCUT2D eigenvalue weighted by atomic mass is 19.1. The molecular formula is C15H12FN3O. The number of fused-ring (bicyclic) bond motifs is 1. The van der Waals surface area contributed by atoms with Crippen molar-refractivity contribution >= 4 is 22.6 Å². The van der Waals surface area contributed by atoms with Crippen molar-refractivity contribution in [2.45, 2.75) is 6.92 Å². The topological polar surface area (TPSA) is 57.8 Å². The molecule has 0 unspecified atom stereocenters. The monoisotopic (exact) mass is 269 g/mol. The van der Waals surface area contributed by atoms with Crippen molar-refractivity contribution in [2.24, 2.45) is 0 Å². The van der Waals surface area contributed by atoms with E-state index in [0.29, 0.717) is 22.3 Å². The van der Waals surface area contributed by atoms with Crippen LogP contribution in [0.5, 0.6) is 0 Å². The van der Waals surface area contributed by atoms with Gasteiger partial charge in [0.05, 0.1) is 5.52 Å². The molecule has 100 valence electrons. The standard InChI is InChI=1S/C15H12FN3O/c1-9-3-2-4-10(7-9)15(20)17-14-12-8-11(16)5-6-13(12)18-19-14/h2-8H,1H3,(H2,17,18,19,20). The number of aromatic nitrogens is 2. The van der Waals surface area contributed by atoms with Gasteiger partial charge in [0.1, 0.15) is 5.82 Å². The molecule has 2 N–H and O–H groups in total. The number of anilines is 1. The molecule has 0 bridgehead atoms. The van der Waals surface area contributed by atoms with Crippen molar-refractivity contribution < 1.29 is 9.18 Å². The van der Waals surface area contributed by atoms with E-state index in [0.717, 1.165) is 5.56 Å². The number of rotatable bonds is 2. The Morgan fingerprint density at radius 1 is 1.25 bits per heavy atom. The first-order chi connectivity index (χ1) is 9.63. The number of amides is 1. The molecule has 0 saturated carbocycles. The van der Waals surface area contributed by atoms with Crippen LogP contribution in [0.4, 0.5) is 10.2 Å². The second-order valence-electron chi connectivity index (χ2n) is 4.59. The van der Waals surface area contributed by atoms with Gasteiger partial charge in [0.2, 0.25) is 0 Å². The van der Waals surface area contributed by atoms with Gasteiger partial charge in [-0.1, -0.05) is 17.7 Å². The molecule has 1 heterocycles. The highest BCUT2D eigenvalue weighted by Gasteiger charge is 2.11. The minimum Gasteiger partial charge on any atom is -0.305 e. The lowest BCUT2D eigenvalue weighted by Gasteiger charge is -2.03. The summed E-state index contributed by atoms with van der Waals surface area (Å²) < 4.78 is 13.3. The predicted molar refractivity (Wildman–Crippen MR) is 75.2 cm³/mol. The third-order valence-electron chi connectivity index (χ3n) is 3.04. The zero-order valence-electron chi connectivity index (χ0n) is 10.8. The van der Waals surface area contributed by atoms with E-state index in [9.17, 15) is 9.18 Å². The number of carbonyl (C=O) groups excluding carboxylic acids is 1. The van der Waals surface area contributed by atoms with Crippen LogP contribution in [0.1, 0.15) is 15.9 Å². The third-order valence-corrected chi connectivity index (χ3v) is 3.04. The number of aromatic amines is 1. The highest BCUT2D eigenvalue weighted by Crippen LogP contribution is 2.21. The average molecular weight is 269 g/mol. The van der Waals surface area contributed by atoms with Crippen molar-refractivity contribution in [2.75, 3.05) is 5.32 Å². The summed E-state index contributed by atoms with van der Waals surface area (Å²) in [5, 5.41) is 9.99. The van der Waals surface area contributed by atoms with E-state index in [2.05, 4.69) is 15.5 Å². The summed E-state index contributed by atoms with van der Waals surface area (Å²) in [5.41, 5.74) is 2.21. The van der Waals surface area contributed by atoms with Crippen LogP contribution < -0.4 is 5.32 Å². The number of hydrogen-bond donors (Lipinski definition) is 2. The fourth-order valence-electron chi connectivity index (χ4n) is 2.05. The third kappa shape index (κ3) is 2.25. The van der Waals surface area contributed by atoms with Crippen molar-refractivity contribution in [1.29, 1.82) is 0 Å². The summed E-state index contributed by atoms with van der Waals surface area (Å²) in [5.74, 6) is -0.317. The molecule has 1 aromatic heterocycles. The minimum atomic E-state index is -0.370. The van der Waals surface area contributed by atoms with Gasteiger partial charge in [0.15, 0.2) is 5.82 Å². The lowest BCUT2D eigenvalue weighted by atomic mass is 10.1. The van der Waals surface area contributed by atoms with Gasteiger partial charge in [0.25, 0.3) is 5.91 Å². The molecule has 0 aliphatic carbocycles. The van der Waals surface area contributed by atoms with E-state index >= 15 is 0 Å². The van der Waals surface area contributed by atoms with Crippen LogP contribution in [0, 0.1) is 12.7 Å². The predicted octanol–water partition coefficient (Wildman–Crippen LogP) is 3.26. The van der Waals surface area contributed by atoms with Gasteiger partial charge >= 0.3 is 0 Å². The van der Waals surface area contributed by atoms with Crippen LogP contribution in [-0.4, -0.2) is 16.1 Å². The number of carbonyl (C=O) groups is 1. The Morgan fingerprint density at radius 2 is 2.10 bits per heavy atom. The number of hydrogen-bond acceptors (Lipinski definition) is 2. The van der Waals surface area contributed by atoms with E-state index in [1.807, 2.05) is 19.1 Å². The molecule has 20 heavy (non-hydrogen) atoms. The van der Waals surface area contributed by atoms with Gasteiger partial charge in [-0.2, -0.15) is 5.10 Å². The minimum absolute atomic E-state index is 0.272. The SMILES string of the molecule is Cc1cccc(C(=O)Nc2n[nH]c3ccc(F)cc23)c1. The Bertz CT molecular complexity index is 795. The number of H-pyrrole nitrogens is 1. The Balaban J connectivity index is 1.93. The van der Waals surface area contributed by atoms with Gasteiger partial charge < -0.3 is 5.32 Å². The molecular weight excluding hydrogens is 257 g/mol. The van der Waals surface area contributed by atoms with Crippen LogP contribution in [-0.2, 0) is 0 Å². The van der Waals surface area contributed by atoms with Crippen LogP contribution in [0.2, 0.25) is 0 Å². The first-order valence-corrected chi connectivity index (χ1v) is 6.15. The molecule has 3 aromatic rings. The zero-order valence-corrected chi connectivity index (χ0v) is 10.8. The highest BCUT2D eigenvalue weighted by molar-refractivity contribution is 6.07. The van der Waals surface area contributed by atoms with Crippen LogP contribution >= 0.6 is 0 Å². The molecule has 0 radical (unpaired) electrons. The van der Waals surface area contributed by atoms with Crippen molar-refractivity contribution in [3.05, 3.63) is 59.4 Å². The summed E-state index contributed by atoms with van der Waals surface area (Å²) in [7, 11) is 0. The average Bonchev–Trinajstić information content (AvgIpc) is 2.81. The van der Waals surface area contributed by atoms with Gasteiger partial charge in [-0.05, 0) is 37.3 Å². The largest absolute Gasteiger partial charge is 0.305 e. The lowest BCUT2D eigenvalue weighted by molar-refractivity contribution is 0.102. The normalized spacial score (nSPS) is 10.7. The molecule has 1 amide bonds. The molecule has 0 aliphatic rings. The molecule has 0 atom stereocenters. The van der Waals surface area contributed by atoms with Gasteiger partial charge in [-0.25, -0.2) is 4.39 Å². The van der Waals surface area contributed by atoms with E-state index in [-0.39, 0.29) is 11.7 Å². The maximum Gasteiger partial charge on any atom is 0.256 e. The second kappa shape index (κ2) is 4.77. The van der Waals surface area contributed by atoms with E-state index in [4.69, 9.17) is 0 Å². The first kappa shape index (κ1) is 12.3. The van der Waals surface area contributed by atoms with Crippen LogP contribution in [0.25, 0.3) is 10.9 Å². The number of nitrogens with one attached hydrogen (secondary N) is 2. The van der Waals surface area contributed by atoms with Crippen LogP contribution in [0.3, 0.4) is 0 Å². The number of benzene rings is 2. The molecule has 3 rings (SSSR count). The smallest absolute Gasteiger partial charge is 0.256 e. The fraction of sp³-hybridized carbons (Fsp3) is 0.0667. The van der Waals surface area contributed by atoms with Gasteiger partial charge in [-0.15, -0.1) is 0 Å². The fourth-order valence-corrected chi connectivity index (χ4v) is 2.05. The van der Waals surface area contributed by atoms with Crippen LogP contribution in [0.15, 0.2) is 42.5 Å².